The monoisotopic (exact) mass is 464 g/mol. The number of hydrogen-bond donors (Lipinski definition) is 1. The summed E-state index contributed by atoms with van der Waals surface area (Å²) in [7, 11) is 3.03. The van der Waals surface area contributed by atoms with Crippen LogP contribution in [0.15, 0.2) is 72.6 Å². The topological polar surface area (TPSA) is 89.0 Å². The van der Waals surface area contributed by atoms with Crippen LogP contribution in [0.1, 0.15) is 22.7 Å². The summed E-state index contributed by atoms with van der Waals surface area (Å²) in [6.45, 7) is 0.171. The Hall–Kier alpha value is -3.84. The van der Waals surface area contributed by atoms with E-state index in [2.05, 4.69) is 4.98 Å². The molecule has 2 aromatic carbocycles. The number of halogens is 1. The highest BCUT2D eigenvalue weighted by molar-refractivity contribution is 6.46. The highest BCUT2D eigenvalue weighted by Crippen LogP contribution is 2.41. The van der Waals surface area contributed by atoms with Gasteiger partial charge in [-0.2, -0.15) is 0 Å². The molecule has 8 heteroatoms. The third-order valence-corrected chi connectivity index (χ3v) is 5.79. The molecule has 4 rings (SSSR count). The van der Waals surface area contributed by atoms with Crippen LogP contribution in [0.5, 0.6) is 11.5 Å². The molecule has 1 fully saturated rings. The largest absolute Gasteiger partial charge is 0.507 e. The fourth-order valence-corrected chi connectivity index (χ4v) is 4.09. The number of ketones is 1. The first-order chi connectivity index (χ1) is 15.9. The number of pyridine rings is 1. The molecule has 7 nitrogen and oxygen atoms in total. The van der Waals surface area contributed by atoms with Crippen LogP contribution in [0, 0.1) is 0 Å². The number of ether oxygens (including phenoxy) is 2. The lowest BCUT2D eigenvalue weighted by molar-refractivity contribution is -0.140. The number of aliphatic hydroxyl groups is 1. The molecule has 1 aliphatic rings. The number of rotatable bonds is 6. The van der Waals surface area contributed by atoms with Gasteiger partial charge in [-0.3, -0.25) is 14.6 Å². The zero-order valence-corrected chi connectivity index (χ0v) is 18.7. The molecule has 1 unspecified atom stereocenters. The SMILES string of the molecule is COc1ccc(C2/C(=C(/O)c3ccc(OC)c(Cl)c3)C(=O)C(=O)N2Cc2ccncc2)cc1. The van der Waals surface area contributed by atoms with Crippen molar-refractivity contribution in [2.45, 2.75) is 12.6 Å². The van der Waals surface area contributed by atoms with Gasteiger partial charge in [-0.1, -0.05) is 23.7 Å². The molecule has 0 spiro atoms. The molecule has 2 heterocycles. The Morgan fingerprint density at radius 3 is 2.33 bits per heavy atom. The summed E-state index contributed by atoms with van der Waals surface area (Å²) in [5.74, 6) is -0.719. The van der Waals surface area contributed by atoms with Gasteiger partial charge >= 0.3 is 0 Å². The molecule has 1 saturated heterocycles. The Morgan fingerprint density at radius 2 is 1.73 bits per heavy atom. The number of hydrogen-bond acceptors (Lipinski definition) is 6. The van der Waals surface area contributed by atoms with E-state index in [9.17, 15) is 14.7 Å². The second-order valence-corrected chi connectivity index (χ2v) is 7.81. The van der Waals surface area contributed by atoms with Gasteiger partial charge in [-0.15, -0.1) is 0 Å². The lowest BCUT2D eigenvalue weighted by Crippen LogP contribution is -2.29. The number of Topliss-reactive ketones (excluding diaryl/α,β-unsaturated/α-hetero) is 1. The number of aliphatic hydroxyl groups excluding tert-OH is 1. The summed E-state index contributed by atoms with van der Waals surface area (Å²) in [6, 6.07) is 14.4. The molecule has 0 bridgehead atoms. The third-order valence-electron chi connectivity index (χ3n) is 5.50. The molecule has 0 radical (unpaired) electrons. The van der Waals surface area contributed by atoms with E-state index in [0.717, 1.165) is 5.56 Å². The number of methoxy groups -OCH3 is 2. The Morgan fingerprint density at radius 1 is 1.03 bits per heavy atom. The van der Waals surface area contributed by atoms with Crippen LogP contribution in [0.25, 0.3) is 5.76 Å². The predicted octanol–water partition coefficient (Wildman–Crippen LogP) is 4.37. The fraction of sp³-hybridized carbons (Fsp3) is 0.160. The van der Waals surface area contributed by atoms with E-state index in [0.29, 0.717) is 22.6 Å². The number of aromatic nitrogens is 1. The molecule has 1 N–H and O–H groups in total. The fourth-order valence-electron chi connectivity index (χ4n) is 3.83. The standard InChI is InChI=1S/C25H21ClN2O5/c1-32-18-6-3-16(4-7-18)22-21(23(29)17-5-8-20(33-2)19(26)13-17)24(30)25(31)28(22)14-15-9-11-27-12-10-15/h3-13,22,29H,14H2,1-2H3/b23-21-. The summed E-state index contributed by atoms with van der Waals surface area (Å²) in [5.41, 5.74) is 1.75. The van der Waals surface area contributed by atoms with Gasteiger partial charge in [0.25, 0.3) is 11.7 Å². The molecule has 1 atom stereocenters. The summed E-state index contributed by atoms with van der Waals surface area (Å²) in [6.07, 6.45) is 3.24. The normalized spacial score (nSPS) is 17.3. The average molecular weight is 465 g/mol. The molecule has 1 aliphatic heterocycles. The van der Waals surface area contributed by atoms with Crippen LogP contribution in [0.2, 0.25) is 5.02 Å². The van der Waals surface area contributed by atoms with Crippen LogP contribution < -0.4 is 9.47 Å². The van der Waals surface area contributed by atoms with E-state index >= 15 is 0 Å². The molecular weight excluding hydrogens is 444 g/mol. The van der Waals surface area contributed by atoms with Gasteiger partial charge in [0, 0.05) is 24.5 Å². The van der Waals surface area contributed by atoms with Crippen molar-refractivity contribution in [3.8, 4) is 11.5 Å². The van der Waals surface area contributed by atoms with Crippen molar-refractivity contribution in [2.75, 3.05) is 14.2 Å². The Bertz CT molecular complexity index is 1230. The highest BCUT2D eigenvalue weighted by Gasteiger charge is 2.46. The van der Waals surface area contributed by atoms with Crippen molar-refractivity contribution in [2.24, 2.45) is 0 Å². The minimum absolute atomic E-state index is 0.0135. The van der Waals surface area contributed by atoms with E-state index in [1.165, 1.54) is 18.1 Å². The smallest absolute Gasteiger partial charge is 0.295 e. The van der Waals surface area contributed by atoms with E-state index in [4.69, 9.17) is 21.1 Å². The average Bonchev–Trinajstić information content (AvgIpc) is 3.09. The maximum atomic E-state index is 13.1. The molecule has 0 aliphatic carbocycles. The van der Waals surface area contributed by atoms with E-state index in [1.807, 2.05) is 0 Å². The van der Waals surface area contributed by atoms with E-state index < -0.39 is 17.7 Å². The number of carbonyl (C=O) groups is 2. The summed E-state index contributed by atoms with van der Waals surface area (Å²) < 4.78 is 10.4. The lowest BCUT2D eigenvalue weighted by Gasteiger charge is -2.25. The first-order valence-corrected chi connectivity index (χ1v) is 10.5. The van der Waals surface area contributed by atoms with Gasteiger partial charge in [0.15, 0.2) is 0 Å². The van der Waals surface area contributed by atoms with Crippen molar-refractivity contribution in [1.29, 1.82) is 0 Å². The maximum Gasteiger partial charge on any atom is 0.295 e. The van der Waals surface area contributed by atoms with Crippen LogP contribution in [0.3, 0.4) is 0 Å². The Kier molecular flexibility index (Phi) is 6.33. The van der Waals surface area contributed by atoms with Crippen LogP contribution in [-0.4, -0.2) is 40.9 Å². The zero-order valence-electron chi connectivity index (χ0n) is 18.0. The Labute approximate surface area is 195 Å². The predicted molar refractivity (Wildman–Crippen MR) is 123 cm³/mol. The number of benzene rings is 2. The van der Waals surface area contributed by atoms with Gasteiger partial charge in [0.1, 0.15) is 17.3 Å². The van der Waals surface area contributed by atoms with Crippen molar-refractivity contribution in [1.82, 2.24) is 9.88 Å². The zero-order chi connectivity index (χ0) is 23.5. The molecule has 168 valence electrons. The second-order valence-electron chi connectivity index (χ2n) is 7.40. The van der Waals surface area contributed by atoms with Crippen LogP contribution in [0.4, 0.5) is 0 Å². The molecule has 3 aromatic rings. The molecule has 1 amide bonds. The maximum absolute atomic E-state index is 13.1. The summed E-state index contributed by atoms with van der Waals surface area (Å²) in [4.78, 5) is 31.6. The number of amides is 1. The lowest BCUT2D eigenvalue weighted by atomic mass is 9.95. The van der Waals surface area contributed by atoms with Gasteiger partial charge in [0.05, 0.1) is 30.9 Å². The minimum Gasteiger partial charge on any atom is -0.507 e. The van der Waals surface area contributed by atoms with E-state index in [1.54, 1.807) is 68.0 Å². The van der Waals surface area contributed by atoms with Gasteiger partial charge in [-0.05, 0) is 53.6 Å². The number of likely N-dealkylation sites (tertiary alicyclic amines) is 1. The molecule has 0 saturated carbocycles. The summed E-state index contributed by atoms with van der Waals surface area (Å²) in [5, 5.41) is 11.4. The summed E-state index contributed by atoms with van der Waals surface area (Å²) >= 11 is 6.23. The van der Waals surface area contributed by atoms with Gasteiger partial charge in [0.2, 0.25) is 0 Å². The van der Waals surface area contributed by atoms with Crippen molar-refractivity contribution >= 4 is 29.1 Å². The minimum atomic E-state index is -0.801. The molecular formula is C25H21ClN2O5. The second kappa shape index (κ2) is 9.34. The Balaban J connectivity index is 1.85. The quantitative estimate of drug-likeness (QED) is 0.331. The van der Waals surface area contributed by atoms with Crippen molar-refractivity contribution < 1.29 is 24.2 Å². The molecule has 33 heavy (non-hydrogen) atoms. The van der Waals surface area contributed by atoms with Crippen molar-refractivity contribution in [3.05, 3.63) is 94.3 Å². The molecule has 1 aromatic heterocycles. The van der Waals surface area contributed by atoms with Crippen LogP contribution >= 0.6 is 11.6 Å². The van der Waals surface area contributed by atoms with E-state index in [-0.39, 0.29) is 22.9 Å². The highest BCUT2D eigenvalue weighted by atomic mass is 35.5. The van der Waals surface area contributed by atoms with Gasteiger partial charge < -0.3 is 19.5 Å². The third kappa shape index (κ3) is 4.27. The van der Waals surface area contributed by atoms with Crippen LogP contribution in [-0.2, 0) is 16.1 Å². The first-order valence-electron chi connectivity index (χ1n) is 10.1. The first kappa shape index (κ1) is 22.4. The van der Waals surface area contributed by atoms with Gasteiger partial charge in [-0.25, -0.2) is 0 Å². The number of nitrogens with zero attached hydrogens (tertiary/aromatic N) is 2. The van der Waals surface area contributed by atoms with Crippen molar-refractivity contribution in [3.63, 3.8) is 0 Å². The number of carbonyl (C=O) groups excluding carboxylic acids is 2.